The quantitative estimate of drug-likeness (QED) is 0.430. The Morgan fingerprint density at radius 1 is 1.50 bits per heavy atom. The first-order valence-electron chi connectivity index (χ1n) is 3.57. The summed E-state index contributed by atoms with van der Waals surface area (Å²) in [6.45, 7) is 5.29. The van der Waals surface area contributed by atoms with E-state index in [4.69, 9.17) is 0 Å². The number of nitrogens with zero attached hydrogens (tertiary/aromatic N) is 2. The summed E-state index contributed by atoms with van der Waals surface area (Å²) in [5.41, 5.74) is 0. The van der Waals surface area contributed by atoms with Crippen LogP contribution in [0, 0.1) is 10.8 Å². The lowest BCUT2D eigenvalue weighted by atomic mass is 9.98. The molecule has 1 aliphatic rings. The number of piperidine rings is 1. The molecule has 0 N–H and O–H groups in total. The molecule has 0 aliphatic carbocycles. The molecule has 0 unspecified atom stereocenters. The molecule has 0 aromatic rings. The van der Waals surface area contributed by atoms with Crippen molar-refractivity contribution in [3.05, 3.63) is 17.6 Å². The van der Waals surface area contributed by atoms with Gasteiger partial charge in [-0.2, -0.15) is 0 Å². The molecule has 10 heavy (non-hydrogen) atoms. The van der Waals surface area contributed by atoms with E-state index in [0.29, 0.717) is 5.92 Å². The molecule has 1 aliphatic heterocycles. The van der Waals surface area contributed by atoms with Crippen molar-refractivity contribution < 1.29 is 0 Å². The van der Waals surface area contributed by atoms with Gasteiger partial charge in [0.2, 0.25) is 0 Å². The molecule has 1 saturated heterocycles. The molecule has 3 heteroatoms. The fourth-order valence-corrected chi connectivity index (χ4v) is 1.20. The molecular formula is C7H12N2O. The Balaban J connectivity index is 2.30. The molecule has 56 valence electrons. The Bertz CT molecular complexity index is 112. The third-order valence-corrected chi connectivity index (χ3v) is 1.96. The second kappa shape index (κ2) is 3.34. The van der Waals surface area contributed by atoms with Gasteiger partial charge in [0, 0.05) is 13.1 Å². The van der Waals surface area contributed by atoms with E-state index in [1.54, 1.807) is 5.01 Å². The van der Waals surface area contributed by atoms with Crippen molar-refractivity contribution in [1.29, 1.82) is 0 Å². The van der Waals surface area contributed by atoms with E-state index in [9.17, 15) is 4.91 Å². The Hall–Kier alpha value is -0.860. The Morgan fingerprint density at radius 2 is 2.10 bits per heavy atom. The van der Waals surface area contributed by atoms with Crippen molar-refractivity contribution >= 4 is 0 Å². The average molecular weight is 140 g/mol. The van der Waals surface area contributed by atoms with Crippen LogP contribution in [-0.4, -0.2) is 18.1 Å². The van der Waals surface area contributed by atoms with Gasteiger partial charge in [0.15, 0.2) is 0 Å². The minimum atomic E-state index is 0.595. The van der Waals surface area contributed by atoms with Crippen LogP contribution in [0.3, 0.4) is 0 Å². The fraction of sp³-hybridized carbons (Fsp3) is 0.714. The van der Waals surface area contributed by atoms with E-state index >= 15 is 0 Å². The number of hydrogen-bond donors (Lipinski definition) is 0. The molecule has 0 saturated carbocycles. The van der Waals surface area contributed by atoms with Crippen LogP contribution in [0.15, 0.2) is 17.9 Å². The molecule has 0 radical (unpaired) electrons. The minimum Gasteiger partial charge on any atom is -0.261 e. The zero-order chi connectivity index (χ0) is 7.40. The highest BCUT2D eigenvalue weighted by Gasteiger charge is 2.15. The lowest BCUT2D eigenvalue weighted by molar-refractivity contribution is 0.209. The smallest absolute Gasteiger partial charge is 0.0523 e. The number of nitroso groups, excluding NO2 is 1. The normalized spacial score (nSPS) is 20.6. The summed E-state index contributed by atoms with van der Waals surface area (Å²) in [4.78, 5) is 10.0. The second-order valence-electron chi connectivity index (χ2n) is 2.61. The fourth-order valence-electron chi connectivity index (χ4n) is 1.20. The first-order chi connectivity index (χ1) is 4.86. The Kier molecular flexibility index (Phi) is 2.42. The largest absolute Gasteiger partial charge is 0.261 e. The Labute approximate surface area is 60.7 Å². The summed E-state index contributed by atoms with van der Waals surface area (Å²) >= 11 is 0. The van der Waals surface area contributed by atoms with Crippen LogP contribution in [0.4, 0.5) is 0 Å². The molecule has 0 spiro atoms. The second-order valence-corrected chi connectivity index (χ2v) is 2.61. The molecule has 1 heterocycles. The van der Waals surface area contributed by atoms with Gasteiger partial charge in [0.05, 0.1) is 5.29 Å². The van der Waals surface area contributed by atoms with Gasteiger partial charge in [-0.1, -0.05) is 6.08 Å². The first-order valence-corrected chi connectivity index (χ1v) is 3.57. The van der Waals surface area contributed by atoms with Crippen LogP contribution >= 0.6 is 0 Å². The van der Waals surface area contributed by atoms with Crippen LogP contribution in [0.2, 0.25) is 0 Å². The van der Waals surface area contributed by atoms with Gasteiger partial charge in [-0.15, -0.1) is 11.5 Å². The zero-order valence-electron chi connectivity index (χ0n) is 5.99. The molecule has 1 rings (SSSR count). The van der Waals surface area contributed by atoms with Gasteiger partial charge in [0.1, 0.15) is 0 Å². The summed E-state index contributed by atoms with van der Waals surface area (Å²) in [6, 6.07) is 0. The average Bonchev–Trinajstić information content (AvgIpc) is 2.05. The van der Waals surface area contributed by atoms with Crippen molar-refractivity contribution in [2.24, 2.45) is 11.2 Å². The van der Waals surface area contributed by atoms with Gasteiger partial charge in [-0.3, -0.25) is 5.01 Å². The van der Waals surface area contributed by atoms with Gasteiger partial charge in [-0.25, -0.2) is 0 Å². The molecule has 0 atom stereocenters. The number of hydrogen-bond acceptors (Lipinski definition) is 2. The van der Waals surface area contributed by atoms with Gasteiger partial charge in [-0.05, 0) is 18.8 Å². The molecular weight excluding hydrogens is 128 g/mol. The van der Waals surface area contributed by atoms with Crippen molar-refractivity contribution in [2.45, 2.75) is 12.8 Å². The van der Waals surface area contributed by atoms with E-state index < -0.39 is 0 Å². The monoisotopic (exact) mass is 140 g/mol. The standard InChI is InChI=1S/C7H12N2O/c1-2-7-3-5-9(8-10)6-4-7/h2,7H,1,3-6H2. The van der Waals surface area contributed by atoms with Crippen molar-refractivity contribution in [3.63, 3.8) is 0 Å². The van der Waals surface area contributed by atoms with Crippen molar-refractivity contribution in [2.75, 3.05) is 13.1 Å². The van der Waals surface area contributed by atoms with Crippen LogP contribution in [0.5, 0.6) is 0 Å². The summed E-state index contributed by atoms with van der Waals surface area (Å²) in [5.74, 6) is 0.595. The van der Waals surface area contributed by atoms with E-state index in [0.717, 1.165) is 25.9 Å². The zero-order valence-corrected chi connectivity index (χ0v) is 5.99. The molecule has 3 nitrogen and oxygen atoms in total. The van der Waals surface area contributed by atoms with Gasteiger partial charge >= 0.3 is 0 Å². The van der Waals surface area contributed by atoms with Crippen LogP contribution < -0.4 is 0 Å². The molecule has 0 aromatic carbocycles. The highest BCUT2D eigenvalue weighted by atomic mass is 16.3. The molecule has 1 fully saturated rings. The van der Waals surface area contributed by atoms with E-state index in [1.807, 2.05) is 6.08 Å². The third kappa shape index (κ3) is 1.56. The van der Waals surface area contributed by atoms with Crippen molar-refractivity contribution in [3.8, 4) is 0 Å². The minimum absolute atomic E-state index is 0.595. The highest BCUT2D eigenvalue weighted by molar-refractivity contribution is 4.83. The first kappa shape index (κ1) is 7.25. The third-order valence-electron chi connectivity index (χ3n) is 1.96. The summed E-state index contributed by atoms with van der Waals surface area (Å²) in [5, 5.41) is 4.43. The Morgan fingerprint density at radius 3 is 2.50 bits per heavy atom. The molecule has 0 amide bonds. The van der Waals surface area contributed by atoms with Gasteiger partial charge in [0.25, 0.3) is 0 Å². The maximum Gasteiger partial charge on any atom is 0.0523 e. The van der Waals surface area contributed by atoms with Gasteiger partial charge < -0.3 is 0 Å². The van der Waals surface area contributed by atoms with Crippen LogP contribution in [-0.2, 0) is 0 Å². The van der Waals surface area contributed by atoms with Crippen LogP contribution in [0.25, 0.3) is 0 Å². The maximum absolute atomic E-state index is 10.0. The van der Waals surface area contributed by atoms with E-state index in [1.165, 1.54) is 0 Å². The summed E-state index contributed by atoms with van der Waals surface area (Å²) < 4.78 is 0. The summed E-state index contributed by atoms with van der Waals surface area (Å²) in [6.07, 6.45) is 4.01. The SMILES string of the molecule is C=CC1CCN(N=O)CC1. The molecule has 0 aromatic heterocycles. The lowest BCUT2D eigenvalue weighted by Gasteiger charge is -2.25. The van der Waals surface area contributed by atoms with E-state index in [2.05, 4.69) is 11.9 Å². The number of rotatable bonds is 2. The lowest BCUT2D eigenvalue weighted by Crippen LogP contribution is -2.28. The van der Waals surface area contributed by atoms with E-state index in [-0.39, 0.29) is 0 Å². The molecule has 0 bridgehead atoms. The van der Waals surface area contributed by atoms with Crippen molar-refractivity contribution in [1.82, 2.24) is 5.01 Å². The number of allylic oxidation sites excluding steroid dienone is 1. The maximum atomic E-state index is 10.0. The highest BCUT2D eigenvalue weighted by Crippen LogP contribution is 2.17. The topological polar surface area (TPSA) is 32.7 Å². The predicted octanol–water partition coefficient (Wildman–Crippen LogP) is 1.57. The predicted molar refractivity (Wildman–Crippen MR) is 40.3 cm³/mol. The van der Waals surface area contributed by atoms with Crippen LogP contribution in [0.1, 0.15) is 12.8 Å². The summed E-state index contributed by atoms with van der Waals surface area (Å²) in [7, 11) is 0.